The number of nitrogens with zero attached hydrogens (tertiary/aromatic N) is 2. The van der Waals surface area contributed by atoms with Crippen molar-refractivity contribution in [2.75, 3.05) is 26.7 Å². The Morgan fingerprint density at radius 3 is 2.53 bits per heavy atom. The topological polar surface area (TPSA) is 15.6 Å². The first-order valence-electron chi connectivity index (χ1n) is 6.03. The van der Waals surface area contributed by atoms with E-state index in [1.165, 1.54) is 45.2 Å². The highest BCUT2D eigenvalue weighted by Gasteiger charge is 1.96. The predicted molar refractivity (Wildman–Crippen MR) is 69.8 cm³/mol. The molecule has 0 bridgehead atoms. The van der Waals surface area contributed by atoms with Crippen LogP contribution >= 0.6 is 0 Å². The Kier molecular flexibility index (Phi) is 11.0. The largest absolute Gasteiger partial charge is 0.306 e. The second kappa shape index (κ2) is 11.4. The third-order valence-electron chi connectivity index (χ3n) is 2.50. The van der Waals surface area contributed by atoms with Crippen molar-refractivity contribution in [3.05, 3.63) is 12.2 Å². The summed E-state index contributed by atoms with van der Waals surface area (Å²) >= 11 is 0. The van der Waals surface area contributed by atoms with Crippen molar-refractivity contribution in [3.8, 4) is 0 Å². The maximum absolute atomic E-state index is 3.85. The van der Waals surface area contributed by atoms with Gasteiger partial charge in [-0.2, -0.15) is 0 Å². The van der Waals surface area contributed by atoms with Gasteiger partial charge in [0.2, 0.25) is 0 Å². The lowest BCUT2D eigenvalue weighted by Crippen LogP contribution is -2.20. The van der Waals surface area contributed by atoms with E-state index in [-0.39, 0.29) is 0 Å². The fourth-order valence-electron chi connectivity index (χ4n) is 1.54. The number of hydrogen-bond donors (Lipinski definition) is 0. The molecule has 0 aromatic carbocycles. The van der Waals surface area contributed by atoms with E-state index >= 15 is 0 Å². The normalized spacial score (nSPS) is 11.4. The molecular weight excluding hydrogens is 184 g/mol. The van der Waals surface area contributed by atoms with Crippen molar-refractivity contribution in [1.29, 1.82) is 0 Å². The summed E-state index contributed by atoms with van der Waals surface area (Å²) in [4.78, 5) is 6.27. The van der Waals surface area contributed by atoms with Gasteiger partial charge in [0.25, 0.3) is 0 Å². The first kappa shape index (κ1) is 14.4. The molecule has 0 N–H and O–H groups in total. The second-order valence-corrected chi connectivity index (χ2v) is 4.02. The van der Waals surface area contributed by atoms with Crippen LogP contribution in [0.4, 0.5) is 0 Å². The lowest BCUT2D eigenvalue weighted by molar-refractivity contribution is 0.321. The molecule has 0 heterocycles. The van der Waals surface area contributed by atoms with E-state index in [0.717, 1.165) is 6.54 Å². The van der Waals surface area contributed by atoms with Crippen molar-refractivity contribution in [2.45, 2.75) is 39.0 Å². The van der Waals surface area contributed by atoms with Gasteiger partial charge in [0.15, 0.2) is 0 Å². The van der Waals surface area contributed by atoms with Gasteiger partial charge in [0.05, 0.1) is 0 Å². The Morgan fingerprint density at radius 1 is 1.13 bits per heavy atom. The van der Waals surface area contributed by atoms with Gasteiger partial charge >= 0.3 is 0 Å². The van der Waals surface area contributed by atoms with Gasteiger partial charge in [-0.15, -0.1) is 0 Å². The Hall–Kier alpha value is -0.630. The summed E-state index contributed by atoms with van der Waals surface area (Å²) in [6.45, 7) is 8.91. The van der Waals surface area contributed by atoms with E-state index in [0.29, 0.717) is 0 Å². The zero-order valence-corrected chi connectivity index (χ0v) is 10.4. The summed E-state index contributed by atoms with van der Waals surface area (Å²) in [5.41, 5.74) is 0. The SMILES string of the molecule is C=NCCCCCN(C)CCC/C=C\C. The molecule has 2 nitrogen and oxygen atoms in total. The summed E-state index contributed by atoms with van der Waals surface area (Å²) in [5.74, 6) is 0. The zero-order valence-electron chi connectivity index (χ0n) is 10.4. The molecule has 0 saturated carbocycles. The van der Waals surface area contributed by atoms with E-state index in [1.54, 1.807) is 0 Å². The van der Waals surface area contributed by atoms with E-state index in [4.69, 9.17) is 0 Å². The van der Waals surface area contributed by atoms with E-state index in [2.05, 4.69) is 42.7 Å². The third kappa shape index (κ3) is 11.3. The standard InChI is InChI=1S/C13H26N2/c1-4-5-6-9-12-15(3)13-10-7-8-11-14-2/h4-5H,2,6-13H2,1,3H3/b5-4-. The number of unbranched alkanes of at least 4 members (excludes halogenated alkanes) is 3. The van der Waals surface area contributed by atoms with Crippen molar-refractivity contribution < 1.29 is 0 Å². The smallest absolute Gasteiger partial charge is 0.0382 e. The van der Waals surface area contributed by atoms with Crippen LogP contribution < -0.4 is 0 Å². The van der Waals surface area contributed by atoms with E-state index in [1.807, 2.05) is 0 Å². The molecule has 0 aliphatic carbocycles. The maximum Gasteiger partial charge on any atom is 0.0382 e. The molecule has 15 heavy (non-hydrogen) atoms. The van der Waals surface area contributed by atoms with Gasteiger partial charge in [-0.3, -0.25) is 0 Å². The summed E-state index contributed by atoms with van der Waals surface area (Å²) in [6, 6.07) is 0. The first-order chi connectivity index (χ1) is 7.31. The molecule has 0 aliphatic rings. The average Bonchev–Trinajstić information content (AvgIpc) is 2.24. The number of aliphatic imine (C=N–C) groups is 1. The number of allylic oxidation sites excluding steroid dienone is 2. The van der Waals surface area contributed by atoms with Crippen LogP contribution in [0, 0.1) is 0 Å². The van der Waals surface area contributed by atoms with Crippen molar-refractivity contribution in [1.82, 2.24) is 4.90 Å². The van der Waals surface area contributed by atoms with Gasteiger partial charge in [0.1, 0.15) is 0 Å². The Labute approximate surface area is 95.1 Å². The summed E-state index contributed by atoms with van der Waals surface area (Å²) in [7, 11) is 2.21. The minimum Gasteiger partial charge on any atom is -0.306 e. The Morgan fingerprint density at radius 2 is 1.87 bits per heavy atom. The van der Waals surface area contributed by atoms with Gasteiger partial charge in [-0.05, 0) is 59.5 Å². The highest BCUT2D eigenvalue weighted by Crippen LogP contribution is 2.00. The van der Waals surface area contributed by atoms with Crippen molar-refractivity contribution in [2.24, 2.45) is 4.99 Å². The summed E-state index contributed by atoms with van der Waals surface area (Å²) < 4.78 is 0. The van der Waals surface area contributed by atoms with E-state index < -0.39 is 0 Å². The molecule has 0 unspecified atom stereocenters. The number of rotatable bonds is 10. The van der Waals surface area contributed by atoms with Crippen LogP contribution in [0.3, 0.4) is 0 Å². The molecule has 0 atom stereocenters. The Bertz CT molecular complexity index is 164. The molecule has 0 amide bonds. The lowest BCUT2D eigenvalue weighted by atomic mass is 10.2. The van der Waals surface area contributed by atoms with Crippen LogP contribution in [0.15, 0.2) is 17.1 Å². The van der Waals surface area contributed by atoms with Gasteiger partial charge in [-0.1, -0.05) is 18.6 Å². The minimum absolute atomic E-state index is 0.922. The highest BCUT2D eigenvalue weighted by molar-refractivity contribution is 5.22. The molecule has 0 radical (unpaired) electrons. The number of hydrogen-bond acceptors (Lipinski definition) is 2. The van der Waals surface area contributed by atoms with Crippen LogP contribution in [-0.4, -0.2) is 38.3 Å². The maximum atomic E-state index is 3.85. The van der Waals surface area contributed by atoms with Gasteiger partial charge in [-0.25, -0.2) is 0 Å². The summed E-state index contributed by atoms with van der Waals surface area (Å²) in [6.07, 6.45) is 10.6. The average molecular weight is 210 g/mol. The molecule has 0 rings (SSSR count). The fourth-order valence-corrected chi connectivity index (χ4v) is 1.54. The van der Waals surface area contributed by atoms with Gasteiger partial charge < -0.3 is 9.89 Å². The molecule has 88 valence electrons. The first-order valence-corrected chi connectivity index (χ1v) is 6.03. The lowest BCUT2D eigenvalue weighted by Gasteiger charge is -2.15. The fraction of sp³-hybridized carbons (Fsp3) is 0.769. The third-order valence-corrected chi connectivity index (χ3v) is 2.50. The molecule has 0 fully saturated rings. The zero-order chi connectivity index (χ0) is 11.4. The molecular formula is C13H26N2. The van der Waals surface area contributed by atoms with Crippen LogP contribution in [0.2, 0.25) is 0 Å². The molecule has 0 aromatic heterocycles. The van der Waals surface area contributed by atoms with Gasteiger partial charge in [0, 0.05) is 6.54 Å². The summed E-state index contributed by atoms with van der Waals surface area (Å²) in [5, 5.41) is 0. The van der Waals surface area contributed by atoms with Crippen LogP contribution in [-0.2, 0) is 0 Å². The second-order valence-electron chi connectivity index (χ2n) is 4.02. The van der Waals surface area contributed by atoms with Crippen molar-refractivity contribution >= 4 is 6.72 Å². The highest BCUT2D eigenvalue weighted by atomic mass is 15.1. The molecule has 2 heteroatoms. The molecule has 0 aromatic rings. The van der Waals surface area contributed by atoms with Crippen molar-refractivity contribution in [3.63, 3.8) is 0 Å². The van der Waals surface area contributed by atoms with E-state index in [9.17, 15) is 0 Å². The van der Waals surface area contributed by atoms with Crippen LogP contribution in [0.5, 0.6) is 0 Å². The monoisotopic (exact) mass is 210 g/mol. The molecule has 0 aliphatic heterocycles. The van der Waals surface area contributed by atoms with Crippen LogP contribution in [0.1, 0.15) is 39.0 Å². The minimum atomic E-state index is 0.922. The van der Waals surface area contributed by atoms with Crippen LogP contribution in [0.25, 0.3) is 0 Å². The Balaban J connectivity index is 3.17. The predicted octanol–water partition coefficient (Wildman–Crippen LogP) is 3.15. The molecule has 0 saturated heterocycles. The quantitative estimate of drug-likeness (QED) is 0.307. The molecule has 0 spiro atoms.